The van der Waals surface area contributed by atoms with E-state index in [9.17, 15) is 18.4 Å². The normalized spacial score (nSPS) is 15.1. The van der Waals surface area contributed by atoms with E-state index in [0.29, 0.717) is 48.2 Å². The van der Waals surface area contributed by atoms with Crippen LogP contribution in [-0.2, 0) is 4.79 Å². The molecule has 1 aliphatic heterocycles. The smallest absolute Gasteiger partial charge is 0.256 e. The average Bonchev–Trinajstić information content (AvgIpc) is 2.69. The number of carbonyl (C=O) groups excluding carboxylic acids is 2. The summed E-state index contributed by atoms with van der Waals surface area (Å²) < 4.78 is 32.1. The van der Waals surface area contributed by atoms with Crippen LogP contribution in [0.25, 0.3) is 0 Å². The summed E-state index contributed by atoms with van der Waals surface area (Å²) >= 11 is 5.97. The standard InChI is InChI=1S/C22H24ClF2NO3/c1-15(24)12-20(16(2)25)22(28)26-9-7-17(8-10-26)4-3-11-29-19-6-5-18(14-27)21(23)13-19/h5-6,12-14,17H,1-4,7-11H2/b20-12+. The molecule has 7 heteroatoms. The molecule has 0 spiro atoms. The summed E-state index contributed by atoms with van der Waals surface area (Å²) in [6.07, 6.45) is 4.81. The molecule has 4 nitrogen and oxygen atoms in total. The molecule has 0 aliphatic carbocycles. The summed E-state index contributed by atoms with van der Waals surface area (Å²) in [5.74, 6) is -1.37. The number of amides is 1. The maximum absolute atomic E-state index is 13.5. The number of ether oxygens (including phenoxy) is 1. The minimum atomic E-state index is -0.964. The number of likely N-dealkylation sites (tertiary alicyclic amines) is 1. The van der Waals surface area contributed by atoms with E-state index in [1.165, 1.54) is 4.90 Å². The van der Waals surface area contributed by atoms with Crippen LogP contribution in [0.5, 0.6) is 5.75 Å². The molecule has 1 aromatic carbocycles. The summed E-state index contributed by atoms with van der Waals surface area (Å²) in [6, 6.07) is 4.94. The zero-order valence-electron chi connectivity index (χ0n) is 16.1. The Kier molecular flexibility index (Phi) is 8.58. The third-order valence-electron chi connectivity index (χ3n) is 4.85. The molecule has 1 aromatic rings. The van der Waals surface area contributed by atoms with Crippen LogP contribution in [0.2, 0.25) is 5.02 Å². The van der Waals surface area contributed by atoms with Crippen LogP contribution >= 0.6 is 11.6 Å². The van der Waals surface area contributed by atoms with Crippen molar-refractivity contribution < 1.29 is 23.1 Å². The van der Waals surface area contributed by atoms with Gasteiger partial charge in [-0.2, -0.15) is 0 Å². The van der Waals surface area contributed by atoms with Gasteiger partial charge < -0.3 is 9.64 Å². The number of aldehydes is 1. The molecule has 0 unspecified atom stereocenters. The van der Waals surface area contributed by atoms with Crippen molar-refractivity contribution in [2.24, 2.45) is 5.92 Å². The van der Waals surface area contributed by atoms with Crippen LogP contribution < -0.4 is 4.74 Å². The number of hydrogen-bond donors (Lipinski definition) is 0. The van der Waals surface area contributed by atoms with Gasteiger partial charge in [-0.3, -0.25) is 9.59 Å². The minimum Gasteiger partial charge on any atom is -0.494 e. The lowest BCUT2D eigenvalue weighted by molar-refractivity contribution is -0.128. The van der Waals surface area contributed by atoms with Gasteiger partial charge in [-0.15, -0.1) is 0 Å². The fraction of sp³-hybridized carbons (Fsp3) is 0.364. The molecule has 1 amide bonds. The zero-order valence-corrected chi connectivity index (χ0v) is 16.9. The summed E-state index contributed by atoms with van der Waals surface area (Å²) in [7, 11) is 0. The number of hydrogen-bond acceptors (Lipinski definition) is 3. The Morgan fingerprint density at radius 2 is 1.97 bits per heavy atom. The first-order valence-electron chi connectivity index (χ1n) is 9.39. The Labute approximate surface area is 174 Å². The summed E-state index contributed by atoms with van der Waals surface area (Å²) in [5, 5.41) is 0.357. The number of carbonyl (C=O) groups is 2. The van der Waals surface area contributed by atoms with E-state index in [1.807, 2.05) is 0 Å². The first-order chi connectivity index (χ1) is 13.8. The minimum absolute atomic E-state index is 0.357. The van der Waals surface area contributed by atoms with Gasteiger partial charge in [0.1, 0.15) is 17.4 Å². The molecule has 0 saturated carbocycles. The van der Waals surface area contributed by atoms with Gasteiger partial charge in [0.05, 0.1) is 17.2 Å². The van der Waals surface area contributed by atoms with Crippen molar-refractivity contribution in [1.82, 2.24) is 4.90 Å². The second kappa shape index (κ2) is 10.9. The molecule has 0 bridgehead atoms. The van der Waals surface area contributed by atoms with E-state index in [1.54, 1.807) is 18.2 Å². The molecule has 1 aliphatic rings. The molecule has 0 atom stereocenters. The van der Waals surface area contributed by atoms with E-state index >= 15 is 0 Å². The molecule has 1 saturated heterocycles. The highest BCUT2D eigenvalue weighted by Gasteiger charge is 2.26. The van der Waals surface area contributed by atoms with Crippen molar-refractivity contribution in [1.29, 1.82) is 0 Å². The molecule has 0 aromatic heterocycles. The predicted octanol–water partition coefficient (Wildman–Crippen LogP) is 5.44. The fourth-order valence-electron chi connectivity index (χ4n) is 3.26. The zero-order chi connectivity index (χ0) is 21.4. The molecule has 29 heavy (non-hydrogen) atoms. The van der Waals surface area contributed by atoms with Crippen molar-refractivity contribution in [2.75, 3.05) is 19.7 Å². The Hall–Kier alpha value is -2.47. The van der Waals surface area contributed by atoms with E-state index < -0.39 is 17.6 Å². The molecule has 1 fully saturated rings. The lowest BCUT2D eigenvalue weighted by atomic mass is 9.92. The third-order valence-corrected chi connectivity index (χ3v) is 5.18. The summed E-state index contributed by atoms with van der Waals surface area (Å²) in [6.45, 7) is 7.62. The van der Waals surface area contributed by atoms with Gasteiger partial charge in [-0.05, 0) is 55.9 Å². The predicted molar refractivity (Wildman–Crippen MR) is 109 cm³/mol. The Bertz CT molecular complexity index is 814. The van der Waals surface area contributed by atoms with Gasteiger partial charge in [0.2, 0.25) is 0 Å². The maximum atomic E-state index is 13.5. The van der Waals surface area contributed by atoms with Crippen LogP contribution in [0.4, 0.5) is 8.78 Å². The van der Waals surface area contributed by atoms with Crippen molar-refractivity contribution in [3.63, 3.8) is 0 Å². The van der Waals surface area contributed by atoms with Crippen molar-refractivity contribution in [3.8, 4) is 5.75 Å². The lowest BCUT2D eigenvalue weighted by Gasteiger charge is -2.32. The number of piperidine rings is 1. The molecular formula is C22H24ClF2NO3. The first kappa shape index (κ1) is 22.8. The second-order valence-corrected chi connectivity index (χ2v) is 7.34. The van der Waals surface area contributed by atoms with E-state index in [2.05, 4.69) is 13.2 Å². The number of halogens is 3. The number of benzene rings is 1. The Balaban J connectivity index is 1.75. The number of nitrogens with zero attached hydrogens (tertiary/aromatic N) is 1. The van der Waals surface area contributed by atoms with Crippen LogP contribution in [-0.4, -0.2) is 36.8 Å². The molecule has 0 N–H and O–H groups in total. The molecule has 156 valence electrons. The van der Waals surface area contributed by atoms with E-state index in [4.69, 9.17) is 16.3 Å². The highest BCUT2D eigenvalue weighted by molar-refractivity contribution is 6.33. The SMILES string of the molecule is C=C(F)/C=C(\C(=C)F)C(=O)N1CCC(CCCOc2ccc(C=O)c(Cl)c2)CC1. The highest BCUT2D eigenvalue weighted by atomic mass is 35.5. The summed E-state index contributed by atoms with van der Waals surface area (Å²) in [5.41, 5.74) is 0.0362. The molecule has 1 heterocycles. The van der Waals surface area contributed by atoms with Gasteiger partial charge in [0, 0.05) is 18.7 Å². The van der Waals surface area contributed by atoms with Crippen LogP contribution in [0.1, 0.15) is 36.0 Å². The monoisotopic (exact) mass is 423 g/mol. The fourth-order valence-corrected chi connectivity index (χ4v) is 3.48. The van der Waals surface area contributed by atoms with Crippen LogP contribution in [0, 0.1) is 5.92 Å². The Morgan fingerprint density at radius 3 is 2.52 bits per heavy atom. The first-order valence-corrected chi connectivity index (χ1v) is 9.77. The van der Waals surface area contributed by atoms with Crippen LogP contribution in [0.15, 0.2) is 54.7 Å². The van der Waals surface area contributed by atoms with Crippen LogP contribution in [0.3, 0.4) is 0 Å². The van der Waals surface area contributed by atoms with Gasteiger partial charge in [-0.1, -0.05) is 24.8 Å². The largest absolute Gasteiger partial charge is 0.494 e. The van der Waals surface area contributed by atoms with Gasteiger partial charge in [0.15, 0.2) is 6.29 Å². The van der Waals surface area contributed by atoms with Gasteiger partial charge >= 0.3 is 0 Å². The maximum Gasteiger partial charge on any atom is 0.256 e. The molecule has 0 radical (unpaired) electrons. The van der Waals surface area contributed by atoms with Crippen molar-refractivity contribution in [3.05, 3.63) is 65.2 Å². The molecule has 2 rings (SSSR count). The lowest BCUT2D eigenvalue weighted by Crippen LogP contribution is -2.39. The molecular weight excluding hydrogens is 400 g/mol. The highest BCUT2D eigenvalue weighted by Crippen LogP contribution is 2.26. The number of rotatable bonds is 9. The van der Waals surface area contributed by atoms with Crippen molar-refractivity contribution in [2.45, 2.75) is 25.7 Å². The average molecular weight is 424 g/mol. The van der Waals surface area contributed by atoms with E-state index in [-0.39, 0.29) is 5.57 Å². The van der Waals surface area contributed by atoms with E-state index in [0.717, 1.165) is 31.8 Å². The van der Waals surface area contributed by atoms with Crippen molar-refractivity contribution >= 4 is 23.8 Å². The topological polar surface area (TPSA) is 46.6 Å². The third kappa shape index (κ3) is 6.82. The Morgan fingerprint density at radius 1 is 1.28 bits per heavy atom. The van der Waals surface area contributed by atoms with Gasteiger partial charge in [0.25, 0.3) is 5.91 Å². The number of allylic oxidation sites excluding steroid dienone is 2. The quantitative estimate of drug-likeness (QED) is 0.230. The second-order valence-electron chi connectivity index (χ2n) is 6.94. The van der Waals surface area contributed by atoms with Gasteiger partial charge in [-0.25, -0.2) is 8.78 Å². The summed E-state index contributed by atoms with van der Waals surface area (Å²) in [4.78, 5) is 24.6.